The molecule has 0 radical (unpaired) electrons. The van der Waals surface area contributed by atoms with Gasteiger partial charge in [-0.25, -0.2) is 9.37 Å². The largest absolute Gasteiger partial charge is 0.368 e. The van der Waals surface area contributed by atoms with Crippen LogP contribution in [0.4, 0.5) is 4.39 Å². The fourth-order valence-corrected chi connectivity index (χ4v) is 3.76. The van der Waals surface area contributed by atoms with Crippen molar-refractivity contribution in [2.24, 2.45) is 0 Å². The van der Waals surface area contributed by atoms with Crippen LogP contribution in [0, 0.1) is 5.82 Å². The predicted molar refractivity (Wildman–Crippen MR) is 98.5 cm³/mol. The van der Waals surface area contributed by atoms with Crippen molar-refractivity contribution in [1.29, 1.82) is 0 Å². The van der Waals surface area contributed by atoms with E-state index in [2.05, 4.69) is 15.1 Å². The van der Waals surface area contributed by atoms with Gasteiger partial charge in [-0.1, -0.05) is 5.16 Å². The molecule has 5 rings (SSSR count). The molecule has 0 spiro atoms. The molecule has 9 heteroatoms. The highest BCUT2D eigenvalue weighted by molar-refractivity contribution is 5.83. The molecule has 1 unspecified atom stereocenters. The highest BCUT2D eigenvalue weighted by Crippen LogP contribution is 2.30. The zero-order valence-electron chi connectivity index (χ0n) is 15.4. The molecule has 1 saturated heterocycles. The Kier molecular flexibility index (Phi) is 3.80. The molecule has 8 nitrogen and oxygen atoms in total. The van der Waals surface area contributed by atoms with Crippen molar-refractivity contribution in [3.8, 4) is 11.5 Å². The highest BCUT2D eigenvalue weighted by atomic mass is 19.1. The van der Waals surface area contributed by atoms with Crippen molar-refractivity contribution in [3.63, 3.8) is 0 Å². The van der Waals surface area contributed by atoms with Gasteiger partial charge in [-0.15, -0.1) is 0 Å². The summed E-state index contributed by atoms with van der Waals surface area (Å²) in [5.41, 5.74) is 1.55. The Bertz CT molecular complexity index is 1250. The van der Waals surface area contributed by atoms with Crippen LogP contribution in [0.25, 0.3) is 28.1 Å². The average Bonchev–Trinajstić information content (AvgIpc) is 3.40. The molecule has 1 aliphatic rings. The van der Waals surface area contributed by atoms with Crippen LogP contribution < -0.4 is 5.56 Å². The second-order valence-electron chi connectivity index (χ2n) is 7.17. The maximum absolute atomic E-state index is 13.8. The molecular formula is C19H18FN5O3. The Hall–Kier alpha value is -3.07. The molecule has 1 atom stereocenters. The summed E-state index contributed by atoms with van der Waals surface area (Å²) < 4.78 is 28.0. The molecule has 3 aromatic heterocycles. The van der Waals surface area contributed by atoms with Crippen molar-refractivity contribution in [1.82, 2.24) is 24.1 Å². The van der Waals surface area contributed by atoms with Crippen molar-refractivity contribution in [2.75, 3.05) is 6.61 Å². The minimum atomic E-state index is -0.402. The van der Waals surface area contributed by atoms with E-state index < -0.39 is 5.82 Å². The lowest BCUT2D eigenvalue weighted by Gasteiger charge is -2.15. The van der Waals surface area contributed by atoms with Crippen LogP contribution in [-0.2, 0) is 4.74 Å². The molecule has 4 heterocycles. The topological polar surface area (TPSA) is 87.5 Å². The van der Waals surface area contributed by atoms with E-state index in [1.165, 1.54) is 18.5 Å². The lowest BCUT2D eigenvalue weighted by atomic mass is 10.2. The fourth-order valence-electron chi connectivity index (χ4n) is 3.76. The van der Waals surface area contributed by atoms with Gasteiger partial charge in [-0.3, -0.25) is 9.20 Å². The summed E-state index contributed by atoms with van der Waals surface area (Å²) in [6, 6.07) is 4.19. The zero-order valence-corrected chi connectivity index (χ0v) is 15.4. The summed E-state index contributed by atoms with van der Waals surface area (Å²) in [6.45, 7) is 4.42. The standard InChI is InChI=1S/C19H18FN5O3/c1-10(2)25-13-8-11(20)5-6-12(13)24-9-21-15(16(24)19(25)26)17-22-18(28-23-17)14-4-3-7-27-14/h5-6,8-10,14H,3-4,7H2,1-2H3. The second kappa shape index (κ2) is 6.23. The third-order valence-corrected chi connectivity index (χ3v) is 5.02. The molecule has 0 N–H and O–H groups in total. The van der Waals surface area contributed by atoms with E-state index in [0.29, 0.717) is 34.7 Å². The number of imidazole rings is 1. The van der Waals surface area contributed by atoms with Gasteiger partial charge in [0, 0.05) is 12.6 Å². The van der Waals surface area contributed by atoms with Crippen molar-refractivity contribution < 1.29 is 13.7 Å². The quantitative estimate of drug-likeness (QED) is 0.540. The van der Waals surface area contributed by atoms with Crippen LogP contribution >= 0.6 is 0 Å². The first kappa shape index (κ1) is 17.1. The van der Waals surface area contributed by atoms with E-state index in [0.717, 1.165) is 12.8 Å². The van der Waals surface area contributed by atoms with E-state index in [1.807, 2.05) is 13.8 Å². The monoisotopic (exact) mass is 383 g/mol. The molecule has 0 bridgehead atoms. The van der Waals surface area contributed by atoms with Gasteiger partial charge in [0.1, 0.15) is 29.5 Å². The van der Waals surface area contributed by atoms with Crippen LogP contribution in [-0.4, -0.2) is 30.7 Å². The number of benzene rings is 1. The smallest absolute Gasteiger partial charge is 0.278 e. The Labute approximate surface area is 158 Å². The number of nitrogens with zero attached hydrogens (tertiary/aromatic N) is 5. The first-order valence-electron chi connectivity index (χ1n) is 9.21. The summed E-state index contributed by atoms with van der Waals surface area (Å²) in [7, 11) is 0. The van der Waals surface area contributed by atoms with Gasteiger partial charge in [0.05, 0.1) is 11.0 Å². The molecule has 0 amide bonds. The number of rotatable bonds is 3. The highest BCUT2D eigenvalue weighted by Gasteiger charge is 2.26. The summed E-state index contributed by atoms with van der Waals surface area (Å²) in [5, 5.41) is 4.01. The molecule has 28 heavy (non-hydrogen) atoms. The number of fused-ring (bicyclic) bond motifs is 3. The van der Waals surface area contributed by atoms with Gasteiger partial charge in [-0.2, -0.15) is 4.98 Å². The van der Waals surface area contributed by atoms with Gasteiger partial charge in [0.15, 0.2) is 0 Å². The molecule has 4 aromatic rings. The normalized spacial score (nSPS) is 17.4. The van der Waals surface area contributed by atoms with Gasteiger partial charge in [0.25, 0.3) is 11.4 Å². The van der Waals surface area contributed by atoms with E-state index >= 15 is 0 Å². The second-order valence-corrected chi connectivity index (χ2v) is 7.17. The molecule has 144 valence electrons. The van der Waals surface area contributed by atoms with Crippen LogP contribution in [0.5, 0.6) is 0 Å². The molecule has 0 saturated carbocycles. The minimum absolute atomic E-state index is 0.169. The molecular weight excluding hydrogens is 365 g/mol. The summed E-state index contributed by atoms with van der Waals surface area (Å²) in [6.07, 6.45) is 3.07. The minimum Gasteiger partial charge on any atom is -0.368 e. The van der Waals surface area contributed by atoms with E-state index in [1.54, 1.807) is 15.0 Å². The molecule has 1 aromatic carbocycles. The number of hydrogen-bond acceptors (Lipinski definition) is 6. The Morgan fingerprint density at radius 3 is 2.89 bits per heavy atom. The summed E-state index contributed by atoms with van der Waals surface area (Å²) in [5.74, 6) is 0.225. The van der Waals surface area contributed by atoms with Crippen molar-refractivity contribution in [3.05, 3.63) is 46.6 Å². The van der Waals surface area contributed by atoms with Gasteiger partial charge in [0.2, 0.25) is 5.82 Å². The Morgan fingerprint density at radius 1 is 1.29 bits per heavy atom. The Balaban J connectivity index is 1.77. The lowest BCUT2D eigenvalue weighted by molar-refractivity contribution is 0.0835. The number of hydrogen-bond donors (Lipinski definition) is 0. The third kappa shape index (κ3) is 2.46. The first-order chi connectivity index (χ1) is 13.5. The van der Waals surface area contributed by atoms with E-state index in [9.17, 15) is 9.18 Å². The van der Waals surface area contributed by atoms with Crippen LogP contribution in [0.15, 0.2) is 33.8 Å². The van der Waals surface area contributed by atoms with Gasteiger partial charge in [-0.05, 0) is 44.9 Å². The van der Waals surface area contributed by atoms with Crippen LogP contribution in [0.2, 0.25) is 0 Å². The van der Waals surface area contributed by atoms with Gasteiger partial charge < -0.3 is 13.8 Å². The SMILES string of the molecule is CC(C)n1c(=O)c2c(-c3noc(C4CCCO4)n3)ncn2c2ccc(F)cc21. The van der Waals surface area contributed by atoms with Crippen LogP contribution in [0.1, 0.15) is 44.7 Å². The van der Waals surface area contributed by atoms with Gasteiger partial charge >= 0.3 is 0 Å². The number of ether oxygens (including phenoxy) is 1. The predicted octanol–water partition coefficient (Wildman–Crippen LogP) is 3.27. The van der Waals surface area contributed by atoms with E-state index in [4.69, 9.17) is 9.26 Å². The van der Waals surface area contributed by atoms with Crippen LogP contribution in [0.3, 0.4) is 0 Å². The number of halogens is 1. The Morgan fingerprint density at radius 2 is 2.14 bits per heavy atom. The first-order valence-corrected chi connectivity index (χ1v) is 9.21. The summed E-state index contributed by atoms with van der Waals surface area (Å²) >= 11 is 0. The number of aromatic nitrogens is 5. The molecule has 1 aliphatic heterocycles. The molecule has 0 aliphatic carbocycles. The zero-order chi connectivity index (χ0) is 19.4. The van der Waals surface area contributed by atoms with Crippen molar-refractivity contribution in [2.45, 2.75) is 38.8 Å². The van der Waals surface area contributed by atoms with E-state index in [-0.39, 0.29) is 23.5 Å². The fraction of sp³-hybridized carbons (Fsp3) is 0.368. The van der Waals surface area contributed by atoms with Crippen molar-refractivity contribution >= 4 is 16.6 Å². The third-order valence-electron chi connectivity index (χ3n) is 5.02. The maximum Gasteiger partial charge on any atom is 0.278 e. The lowest BCUT2D eigenvalue weighted by Crippen LogP contribution is -2.24. The summed E-state index contributed by atoms with van der Waals surface area (Å²) in [4.78, 5) is 22.1. The maximum atomic E-state index is 13.8. The average molecular weight is 383 g/mol. The molecule has 1 fully saturated rings.